The summed E-state index contributed by atoms with van der Waals surface area (Å²) in [5.74, 6) is -1.41. The summed E-state index contributed by atoms with van der Waals surface area (Å²) in [6.45, 7) is 0.164. The molecule has 0 radical (unpaired) electrons. The maximum Gasteiger partial charge on any atom is 0.419 e. The number of aromatic nitrogens is 1. The quantitative estimate of drug-likeness (QED) is 0.825. The number of aliphatic hydroxyl groups is 1. The van der Waals surface area contributed by atoms with Crippen molar-refractivity contribution in [3.8, 4) is 0 Å². The van der Waals surface area contributed by atoms with Gasteiger partial charge in [0.2, 0.25) is 0 Å². The van der Waals surface area contributed by atoms with E-state index in [-0.39, 0.29) is 19.6 Å². The molecule has 0 fully saturated rings. The number of nitrogens with zero attached hydrogens (tertiary/aromatic N) is 1. The fourth-order valence-corrected chi connectivity index (χ4v) is 1.81. The third-order valence-corrected chi connectivity index (χ3v) is 2.69. The number of fused-ring (bicyclic) bond motifs is 1. The molecule has 0 saturated carbocycles. The minimum atomic E-state index is -0.896. The molecule has 6 nitrogen and oxygen atoms in total. The summed E-state index contributed by atoms with van der Waals surface area (Å²) in [5, 5.41) is 17.6. The molecule has 18 heavy (non-hydrogen) atoms. The Hall–Kier alpha value is -2.08. The van der Waals surface area contributed by atoms with Crippen molar-refractivity contribution in [1.29, 1.82) is 0 Å². The van der Waals surface area contributed by atoms with Crippen LogP contribution >= 0.6 is 0 Å². The van der Waals surface area contributed by atoms with Gasteiger partial charge in [-0.1, -0.05) is 6.07 Å². The van der Waals surface area contributed by atoms with Crippen molar-refractivity contribution in [2.45, 2.75) is 26.0 Å². The van der Waals surface area contributed by atoms with Gasteiger partial charge in [-0.3, -0.25) is 9.36 Å². The largest absolute Gasteiger partial charge is 0.481 e. The van der Waals surface area contributed by atoms with E-state index in [1.807, 2.05) is 0 Å². The Morgan fingerprint density at radius 1 is 1.39 bits per heavy atom. The van der Waals surface area contributed by atoms with E-state index in [1.165, 1.54) is 4.57 Å². The van der Waals surface area contributed by atoms with Gasteiger partial charge in [-0.15, -0.1) is 0 Å². The molecule has 2 N–H and O–H groups in total. The number of aliphatic hydroxyl groups excluding tert-OH is 1. The molecule has 0 atom stereocenters. The van der Waals surface area contributed by atoms with Crippen LogP contribution in [0.15, 0.2) is 27.4 Å². The highest BCUT2D eigenvalue weighted by molar-refractivity contribution is 5.73. The van der Waals surface area contributed by atoms with Gasteiger partial charge in [0.25, 0.3) is 0 Å². The number of hydrogen-bond donors (Lipinski definition) is 2. The molecular weight excluding hydrogens is 238 g/mol. The van der Waals surface area contributed by atoms with Gasteiger partial charge in [0.1, 0.15) is 0 Å². The lowest BCUT2D eigenvalue weighted by molar-refractivity contribution is -0.137. The van der Waals surface area contributed by atoms with Crippen LogP contribution in [0.2, 0.25) is 0 Å². The molecule has 0 aliphatic rings. The summed E-state index contributed by atoms with van der Waals surface area (Å²) in [7, 11) is 0. The van der Waals surface area contributed by atoms with Gasteiger partial charge < -0.3 is 14.6 Å². The first-order chi connectivity index (χ1) is 8.61. The Bertz CT molecular complexity index is 625. The number of benzene rings is 1. The van der Waals surface area contributed by atoms with Crippen molar-refractivity contribution in [1.82, 2.24) is 4.57 Å². The lowest BCUT2D eigenvalue weighted by Crippen LogP contribution is -2.15. The summed E-state index contributed by atoms with van der Waals surface area (Å²) < 4.78 is 6.42. The maximum atomic E-state index is 11.6. The van der Waals surface area contributed by atoms with E-state index in [0.717, 1.165) is 0 Å². The lowest BCUT2D eigenvalue weighted by Gasteiger charge is -2.01. The highest BCUT2D eigenvalue weighted by Crippen LogP contribution is 2.15. The van der Waals surface area contributed by atoms with Crippen LogP contribution in [0.3, 0.4) is 0 Å². The summed E-state index contributed by atoms with van der Waals surface area (Å²) in [4.78, 5) is 22.0. The lowest BCUT2D eigenvalue weighted by atomic mass is 10.2. The number of hydrogen-bond acceptors (Lipinski definition) is 4. The Morgan fingerprint density at radius 3 is 2.83 bits per heavy atom. The first kappa shape index (κ1) is 12.4. The molecule has 1 aromatic heterocycles. The minimum Gasteiger partial charge on any atom is -0.481 e. The van der Waals surface area contributed by atoms with E-state index in [1.54, 1.807) is 18.2 Å². The van der Waals surface area contributed by atoms with Gasteiger partial charge >= 0.3 is 11.7 Å². The molecule has 2 aromatic rings. The monoisotopic (exact) mass is 251 g/mol. The zero-order chi connectivity index (χ0) is 13.1. The molecule has 0 spiro atoms. The molecule has 1 heterocycles. The van der Waals surface area contributed by atoms with Gasteiger partial charge in [-0.05, 0) is 24.1 Å². The van der Waals surface area contributed by atoms with Crippen molar-refractivity contribution in [2.24, 2.45) is 0 Å². The van der Waals surface area contributed by atoms with Crippen LogP contribution < -0.4 is 5.76 Å². The molecule has 0 saturated heterocycles. The summed E-state index contributed by atoms with van der Waals surface area (Å²) in [6.07, 6.45) is 0.353. The van der Waals surface area contributed by atoms with E-state index < -0.39 is 11.7 Å². The number of carbonyl (C=O) groups is 1. The Balaban J connectivity index is 2.33. The number of carboxylic acid groups (broad SMARTS) is 1. The summed E-state index contributed by atoms with van der Waals surface area (Å²) >= 11 is 0. The van der Waals surface area contributed by atoms with E-state index >= 15 is 0 Å². The van der Waals surface area contributed by atoms with Gasteiger partial charge in [0.05, 0.1) is 12.1 Å². The molecule has 0 unspecified atom stereocenters. The highest BCUT2D eigenvalue weighted by Gasteiger charge is 2.10. The second kappa shape index (κ2) is 5.05. The van der Waals surface area contributed by atoms with Crippen LogP contribution in [0.5, 0.6) is 0 Å². The molecule has 1 aromatic carbocycles. The van der Waals surface area contributed by atoms with Crippen LogP contribution in [0.1, 0.15) is 18.4 Å². The van der Waals surface area contributed by atoms with Crippen molar-refractivity contribution in [3.63, 3.8) is 0 Å². The fraction of sp³-hybridized carbons (Fsp3) is 0.333. The van der Waals surface area contributed by atoms with E-state index in [9.17, 15) is 9.59 Å². The smallest absolute Gasteiger partial charge is 0.419 e. The van der Waals surface area contributed by atoms with Crippen LogP contribution in [-0.2, 0) is 17.9 Å². The van der Waals surface area contributed by atoms with Gasteiger partial charge in [-0.2, -0.15) is 0 Å². The average molecular weight is 251 g/mol. The standard InChI is InChI=1S/C12H13NO5/c14-7-8-3-4-10-9(6-8)13(12(17)18-10)5-1-2-11(15)16/h3-4,6,14H,1-2,5,7H2,(H,15,16). The van der Waals surface area contributed by atoms with Gasteiger partial charge in [-0.25, -0.2) is 4.79 Å². The number of carboxylic acids is 1. The second-order valence-corrected chi connectivity index (χ2v) is 3.98. The Morgan fingerprint density at radius 2 is 2.17 bits per heavy atom. The van der Waals surface area contributed by atoms with E-state index in [4.69, 9.17) is 14.6 Å². The fourth-order valence-electron chi connectivity index (χ4n) is 1.81. The predicted octanol–water partition coefficient (Wildman–Crippen LogP) is 0.952. The molecule has 0 aliphatic carbocycles. The molecule has 0 bridgehead atoms. The maximum absolute atomic E-state index is 11.6. The van der Waals surface area contributed by atoms with Gasteiger partial charge in [0, 0.05) is 13.0 Å². The van der Waals surface area contributed by atoms with E-state index in [2.05, 4.69) is 0 Å². The number of oxazole rings is 1. The van der Waals surface area contributed by atoms with Crippen LogP contribution in [0, 0.1) is 0 Å². The third kappa shape index (κ3) is 2.43. The SMILES string of the molecule is O=C(O)CCCn1c(=O)oc2ccc(CO)cc21. The van der Waals surface area contributed by atoms with Crippen molar-refractivity contribution < 1.29 is 19.4 Å². The van der Waals surface area contributed by atoms with Crippen molar-refractivity contribution in [2.75, 3.05) is 0 Å². The van der Waals surface area contributed by atoms with Crippen LogP contribution in [0.4, 0.5) is 0 Å². The molecule has 96 valence electrons. The molecule has 0 amide bonds. The Kier molecular flexibility index (Phi) is 3.47. The highest BCUT2D eigenvalue weighted by atomic mass is 16.4. The normalized spacial score (nSPS) is 10.9. The summed E-state index contributed by atoms with van der Waals surface area (Å²) in [6, 6.07) is 4.96. The zero-order valence-corrected chi connectivity index (χ0v) is 9.63. The molecule has 6 heteroatoms. The van der Waals surface area contributed by atoms with Gasteiger partial charge in [0.15, 0.2) is 5.58 Å². The molecule has 2 rings (SSSR count). The van der Waals surface area contributed by atoms with Crippen molar-refractivity contribution >= 4 is 17.1 Å². The van der Waals surface area contributed by atoms with Crippen molar-refractivity contribution in [3.05, 3.63) is 34.3 Å². The first-order valence-electron chi connectivity index (χ1n) is 5.56. The minimum absolute atomic E-state index is 0.00119. The van der Waals surface area contributed by atoms with E-state index in [0.29, 0.717) is 23.1 Å². The number of rotatable bonds is 5. The first-order valence-corrected chi connectivity index (χ1v) is 5.56. The van der Waals surface area contributed by atoms with Crippen LogP contribution in [0.25, 0.3) is 11.1 Å². The number of aryl methyl sites for hydroxylation is 1. The molecule has 0 aliphatic heterocycles. The molecular formula is C12H13NO5. The second-order valence-electron chi connectivity index (χ2n) is 3.98. The topological polar surface area (TPSA) is 92.7 Å². The third-order valence-electron chi connectivity index (χ3n) is 2.69. The Labute approximate surface area is 102 Å². The average Bonchev–Trinajstić information content (AvgIpc) is 2.64. The van der Waals surface area contributed by atoms with Crippen LogP contribution in [-0.4, -0.2) is 20.7 Å². The zero-order valence-electron chi connectivity index (χ0n) is 9.63. The summed E-state index contributed by atoms with van der Waals surface area (Å²) in [5.41, 5.74) is 1.69. The predicted molar refractivity (Wildman–Crippen MR) is 63.3 cm³/mol. The number of aliphatic carboxylic acids is 1.